The van der Waals surface area contributed by atoms with Crippen molar-refractivity contribution in [1.29, 1.82) is 0 Å². The third-order valence-corrected chi connectivity index (χ3v) is 5.16. The van der Waals surface area contributed by atoms with Crippen molar-refractivity contribution >= 4 is 12.1 Å². The standard InChI is InChI=1S/C28H37NO5/c1-7-8-9-10-17-33-24-16-11-13-20(2)26(24)22-15-12-14-21(18-22)23(19-25(30)32-6)29-27(31)34-28(3,4)5/h7,11-16,18,23H,1,8-10,17,19H2,2-6H3,(H,29,31)/t23-/m0/s1. The summed E-state index contributed by atoms with van der Waals surface area (Å²) < 4.78 is 16.4. The number of aryl methyl sites for hydroxylation is 1. The maximum Gasteiger partial charge on any atom is 0.408 e. The number of unbranched alkanes of at least 4 members (excludes halogenated alkanes) is 2. The highest BCUT2D eigenvalue weighted by atomic mass is 16.6. The lowest BCUT2D eigenvalue weighted by Crippen LogP contribution is -2.36. The molecule has 0 heterocycles. The minimum absolute atomic E-state index is 0.0143. The Morgan fingerprint density at radius 3 is 2.53 bits per heavy atom. The Bertz CT molecular complexity index is 977. The lowest BCUT2D eigenvalue weighted by atomic mass is 9.95. The predicted molar refractivity (Wildman–Crippen MR) is 135 cm³/mol. The summed E-state index contributed by atoms with van der Waals surface area (Å²) in [5, 5.41) is 2.82. The highest BCUT2D eigenvalue weighted by Crippen LogP contribution is 2.35. The summed E-state index contributed by atoms with van der Waals surface area (Å²) in [4.78, 5) is 24.5. The molecule has 6 nitrogen and oxygen atoms in total. The zero-order chi connectivity index (χ0) is 25.1. The lowest BCUT2D eigenvalue weighted by molar-refractivity contribution is -0.141. The van der Waals surface area contributed by atoms with Gasteiger partial charge in [-0.1, -0.05) is 36.4 Å². The molecule has 0 bridgehead atoms. The van der Waals surface area contributed by atoms with Crippen molar-refractivity contribution < 1.29 is 23.8 Å². The van der Waals surface area contributed by atoms with Crippen molar-refractivity contribution in [3.8, 4) is 16.9 Å². The molecule has 6 heteroatoms. The highest BCUT2D eigenvalue weighted by Gasteiger charge is 2.23. The van der Waals surface area contributed by atoms with E-state index in [1.165, 1.54) is 7.11 Å². The lowest BCUT2D eigenvalue weighted by Gasteiger charge is -2.24. The number of carbonyl (C=O) groups is 2. The monoisotopic (exact) mass is 467 g/mol. The van der Waals surface area contributed by atoms with Gasteiger partial charge < -0.3 is 19.5 Å². The Hall–Kier alpha value is -3.28. The first-order valence-electron chi connectivity index (χ1n) is 11.6. The molecule has 2 rings (SSSR count). The number of hydrogen-bond acceptors (Lipinski definition) is 5. The Kier molecular flexibility index (Phi) is 10.2. The molecule has 0 saturated carbocycles. The Morgan fingerprint density at radius 1 is 1.12 bits per heavy atom. The van der Waals surface area contributed by atoms with E-state index in [9.17, 15) is 9.59 Å². The second kappa shape index (κ2) is 12.8. The highest BCUT2D eigenvalue weighted by molar-refractivity contribution is 5.76. The Morgan fingerprint density at radius 2 is 1.85 bits per heavy atom. The predicted octanol–water partition coefficient (Wildman–Crippen LogP) is 6.53. The van der Waals surface area contributed by atoms with E-state index in [0.717, 1.165) is 47.3 Å². The minimum Gasteiger partial charge on any atom is -0.493 e. The van der Waals surface area contributed by atoms with Crippen LogP contribution in [-0.4, -0.2) is 31.4 Å². The molecule has 0 aliphatic rings. The van der Waals surface area contributed by atoms with Gasteiger partial charge in [0.05, 0.1) is 26.2 Å². The van der Waals surface area contributed by atoms with Gasteiger partial charge in [0, 0.05) is 5.56 Å². The molecule has 184 valence electrons. The molecule has 2 aromatic rings. The molecule has 0 spiro atoms. The zero-order valence-electron chi connectivity index (χ0n) is 21.0. The summed E-state index contributed by atoms with van der Waals surface area (Å²) in [5.41, 5.74) is 3.12. The largest absolute Gasteiger partial charge is 0.493 e. The SMILES string of the molecule is C=CCCCCOc1cccc(C)c1-c1cccc([C@H](CC(=O)OC)NC(=O)OC(C)(C)C)c1. The van der Waals surface area contributed by atoms with Crippen molar-refractivity contribution in [3.63, 3.8) is 0 Å². The third-order valence-electron chi connectivity index (χ3n) is 5.16. The van der Waals surface area contributed by atoms with E-state index in [4.69, 9.17) is 14.2 Å². The molecule has 0 saturated heterocycles. The van der Waals surface area contributed by atoms with E-state index in [2.05, 4.69) is 11.9 Å². The minimum atomic E-state index is -0.652. The van der Waals surface area contributed by atoms with Crippen LogP contribution >= 0.6 is 0 Å². The van der Waals surface area contributed by atoms with Crippen LogP contribution in [0.25, 0.3) is 11.1 Å². The Labute approximate surface area is 203 Å². The van der Waals surface area contributed by atoms with Crippen molar-refractivity contribution in [2.45, 2.75) is 65.0 Å². The fourth-order valence-corrected chi connectivity index (χ4v) is 3.57. The van der Waals surface area contributed by atoms with Gasteiger partial charge in [0.25, 0.3) is 0 Å². The van der Waals surface area contributed by atoms with Crippen LogP contribution in [0.5, 0.6) is 5.75 Å². The average molecular weight is 468 g/mol. The van der Waals surface area contributed by atoms with Crippen LogP contribution in [0.15, 0.2) is 55.1 Å². The maximum absolute atomic E-state index is 12.5. The first-order valence-corrected chi connectivity index (χ1v) is 11.6. The number of carbonyl (C=O) groups excluding carboxylic acids is 2. The number of benzene rings is 2. The summed E-state index contributed by atoms with van der Waals surface area (Å²) in [6, 6.07) is 13.1. The smallest absolute Gasteiger partial charge is 0.408 e. The molecule has 0 aromatic heterocycles. The topological polar surface area (TPSA) is 73.9 Å². The summed E-state index contributed by atoms with van der Waals surface area (Å²) in [6.07, 6.45) is 4.26. The quantitative estimate of drug-likeness (QED) is 0.231. The average Bonchev–Trinajstić information content (AvgIpc) is 2.77. The van der Waals surface area contributed by atoms with Crippen LogP contribution in [0.1, 0.15) is 63.6 Å². The van der Waals surface area contributed by atoms with E-state index >= 15 is 0 Å². The molecule has 0 aliphatic carbocycles. The van der Waals surface area contributed by atoms with Gasteiger partial charge >= 0.3 is 12.1 Å². The van der Waals surface area contributed by atoms with Gasteiger partial charge in [-0.3, -0.25) is 4.79 Å². The van der Waals surface area contributed by atoms with Gasteiger partial charge in [-0.2, -0.15) is 0 Å². The second-order valence-corrected chi connectivity index (χ2v) is 9.19. The van der Waals surface area contributed by atoms with Crippen molar-refractivity contribution in [1.82, 2.24) is 5.32 Å². The van der Waals surface area contributed by atoms with Crippen LogP contribution in [0.2, 0.25) is 0 Å². The van der Waals surface area contributed by atoms with Gasteiger partial charge in [0.1, 0.15) is 11.4 Å². The molecule has 1 N–H and O–H groups in total. The van der Waals surface area contributed by atoms with Gasteiger partial charge in [0.15, 0.2) is 0 Å². The summed E-state index contributed by atoms with van der Waals surface area (Å²) in [6.45, 7) is 11.8. The van der Waals surface area contributed by atoms with Crippen LogP contribution in [0.4, 0.5) is 4.79 Å². The fourth-order valence-electron chi connectivity index (χ4n) is 3.57. The number of ether oxygens (including phenoxy) is 3. The molecule has 0 fully saturated rings. The third kappa shape index (κ3) is 8.58. The summed E-state index contributed by atoms with van der Waals surface area (Å²) >= 11 is 0. The van der Waals surface area contributed by atoms with Crippen molar-refractivity contribution in [2.75, 3.05) is 13.7 Å². The number of rotatable bonds is 11. The van der Waals surface area contributed by atoms with E-state index in [1.54, 1.807) is 20.8 Å². The molecular formula is C28H37NO5. The number of nitrogens with one attached hydrogen (secondary N) is 1. The number of hydrogen-bond donors (Lipinski definition) is 1. The zero-order valence-corrected chi connectivity index (χ0v) is 21.0. The first-order chi connectivity index (χ1) is 16.1. The number of amides is 1. The number of esters is 1. The number of methoxy groups -OCH3 is 1. The normalized spacial score (nSPS) is 11.9. The van der Waals surface area contributed by atoms with Crippen LogP contribution in [-0.2, 0) is 14.3 Å². The molecule has 34 heavy (non-hydrogen) atoms. The fraction of sp³-hybridized carbons (Fsp3) is 0.429. The van der Waals surface area contributed by atoms with E-state index in [0.29, 0.717) is 6.61 Å². The molecule has 0 aliphatic heterocycles. The maximum atomic E-state index is 12.5. The van der Waals surface area contributed by atoms with Gasteiger partial charge in [-0.15, -0.1) is 6.58 Å². The first kappa shape index (κ1) is 27.0. The van der Waals surface area contributed by atoms with E-state index < -0.39 is 23.7 Å². The van der Waals surface area contributed by atoms with Crippen molar-refractivity contribution in [3.05, 3.63) is 66.2 Å². The van der Waals surface area contributed by atoms with Gasteiger partial charge in [-0.05, 0) is 75.8 Å². The Balaban J connectivity index is 2.33. The number of allylic oxidation sites excluding steroid dienone is 1. The summed E-state index contributed by atoms with van der Waals surface area (Å²) in [7, 11) is 1.33. The van der Waals surface area contributed by atoms with E-state index in [-0.39, 0.29) is 6.42 Å². The molecular weight excluding hydrogens is 430 g/mol. The van der Waals surface area contributed by atoms with Crippen LogP contribution in [0.3, 0.4) is 0 Å². The molecule has 2 aromatic carbocycles. The van der Waals surface area contributed by atoms with Crippen LogP contribution in [0, 0.1) is 6.92 Å². The van der Waals surface area contributed by atoms with E-state index in [1.807, 2.05) is 55.5 Å². The van der Waals surface area contributed by atoms with Gasteiger partial charge in [-0.25, -0.2) is 4.79 Å². The van der Waals surface area contributed by atoms with Gasteiger partial charge in [0.2, 0.25) is 0 Å². The van der Waals surface area contributed by atoms with Crippen molar-refractivity contribution in [2.24, 2.45) is 0 Å². The molecule has 1 atom stereocenters. The number of alkyl carbamates (subject to hydrolysis) is 1. The molecule has 0 radical (unpaired) electrons. The molecule has 0 unspecified atom stereocenters. The summed E-state index contributed by atoms with van der Waals surface area (Å²) in [5.74, 6) is 0.381. The second-order valence-electron chi connectivity index (χ2n) is 9.19. The van der Waals surface area contributed by atoms with Crippen LogP contribution < -0.4 is 10.1 Å². The molecule has 1 amide bonds.